The lowest BCUT2D eigenvalue weighted by Gasteiger charge is -2.24. The van der Waals surface area contributed by atoms with Gasteiger partial charge in [0.15, 0.2) is 5.78 Å². The zero-order valence-corrected chi connectivity index (χ0v) is 21.3. The number of hydrogen-bond acceptors (Lipinski definition) is 8. The number of Topliss-reactive ketones (excluding diaryl/α,β-unsaturated/α-hetero) is 1. The first-order valence-electron chi connectivity index (χ1n) is 12.4. The van der Waals surface area contributed by atoms with Crippen LogP contribution in [0.1, 0.15) is 73.1 Å². The summed E-state index contributed by atoms with van der Waals surface area (Å²) in [5.41, 5.74) is -0.753. The fraction of sp³-hybridized carbons (Fsp3) is 0.833. The van der Waals surface area contributed by atoms with Crippen LogP contribution in [0.25, 0.3) is 0 Å². The first kappa shape index (κ1) is 28.2. The minimum Gasteiger partial charge on any atom is -0.392 e. The van der Waals surface area contributed by atoms with Crippen LogP contribution in [-0.4, -0.2) is 72.1 Å². The molecule has 1 fully saturated rings. The molecule has 1 heterocycles. The van der Waals surface area contributed by atoms with E-state index in [2.05, 4.69) is 28.0 Å². The number of aliphatic hydroxyl groups is 1. The van der Waals surface area contributed by atoms with Gasteiger partial charge in [-0.05, 0) is 25.7 Å². The number of carbonyl (C=O) groups is 3. The maximum Gasteiger partial charge on any atom is 0.243 e. The summed E-state index contributed by atoms with van der Waals surface area (Å²) in [4.78, 5) is 43.6. The summed E-state index contributed by atoms with van der Waals surface area (Å²) in [6.45, 7) is 9.55. The van der Waals surface area contributed by atoms with E-state index in [0.29, 0.717) is 25.0 Å². The van der Waals surface area contributed by atoms with Gasteiger partial charge in [0.2, 0.25) is 11.8 Å². The molecule has 2 rings (SSSR count). The number of methoxy groups -OCH3 is 1. The largest absolute Gasteiger partial charge is 0.392 e. The maximum atomic E-state index is 13.0. The predicted molar refractivity (Wildman–Crippen MR) is 128 cm³/mol. The van der Waals surface area contributed by atoms with Crippen LogP contribution in [0.3, 0.4) is 0 Å². The molecule has 6 atom stereocenters. The van der Waals surface area contributed by atoms with Crippen molar-refractivity contribution in [2.75, 3.05) is 13.7 Å². The van der Waals surface area contributed by atoms with Crippen LogP contribution in [-0.2, 0) is 24.0 Å². The Bertz CT molecular complexity index is 758. The number of carbonyl (C=O) groups excluding carboxylic acids is 3. The quantitative estimate of drug-likeness (QED) is 0.258. The summed E-state index contributed by atoms with van der Waals surface area (Å²) < 4.78 is 5.34. The van der Waals surface area contributed by atoms with Gasteiger partial charge in [-0.2, -0.15) is 0 Å². The Morgan fingerprint density at radius 1 is 1.29 bits per heavy atom. The number of ketones is 1. The molecule has 1 aliphatic carbocycles. The summed E-state index contributed by atoms with van der Waals surface area (Å²) >= 11 is 0. The van der Waals surface area contributed by atoms with Crippen molar-refractivity contribution in [3.05, 3.63) is 0 Å². The smallest absolute Gasteiger partial charge is 0.243 e. The number of nitrogens with one attached hydrogen (secondary N) is 3. The molecule has 194 valence electrons. The van der Waals surface area contributed by atoms with Gasteiger partial charge in [-0.15, -0.1) is 0 Å². The van der Waals surface area contributed by atoms with Crippen molar-refractivity contribution >= 4 is 23.3 Å². The fourth-order valence-corrected chi connectivity index (χ4v) is 4.27. The SMILES string of the molecule is CCCC[C@@H](C)C(=O)[C@H](CC(C)C)NC(=O)CNC(=O)[C@@]1(NC(O)C2=NOC(C)C2)C[C@H]1OC. The van der Waals surface area contributed by atoms with Gasteiger partial charge in [0, 0.05) is 25.9 Å². The summed E-state index contributed by atoms with van der Waals surface area (Å²) in [5, 5.41) is 22.7. The van der Waals surface area contributed by atoms with E-state index in [0.717, 1.165) is 19.3 Å². The van der Waals surface area contributed by atoms with Gasteiger partial charge in [0.25, 0.3) is 0 Å². The average molecular weight is 483 g/mol. The first-order chi connectivity index (χ1) is 16.0. The number of rotatable bonds is 15. The number of nitrogens with zero attached hydrogens (tertiary/aromatic N) is 1. The van der Waals surface area contributed by atoms with Crippen LogP contribution in [0.2, 0.25) is 0 Å². The van der Waals surface area contributed by atoms with Gasteiger partial charge in [-0.1, -0.05) is 45.7 Å². The Balaban J connectivity index is 1.94. The number of aliphatic hydroxyl groups excluding tert-OH is 1. The third kappa shape index (κ3) is 7.48. The van der Waals surface area contributed by atoms with E-state index < -0.39 is 35.7 Å². The molecular weight excluding hydrogens is 440 g/mol. The molecule has 2 amide bonds. The Morgan fingerprint density at radius 2 is 2.00 bits per heavy atom. The number of amides is 2. The lowest BCUT2D eigenvalue weighted by Crippen LogP contribution is -2.56. The van der Waals surface area contributed by atoms with Crippen LogP contribution >= 0.6 is 0 Å². The summed E-state index contributed by atoms with van der Waals surface area (Å²) in [5.74, 6) is -0.757. The molecule has 0 aromatic rings. The molecule has 1 saturated carbocycles. The van der Waals surface area contributed by atoms with Crippen molar-refractivity contribution in [2.45, 2.75) is 103 Å². The van der Waals surface area contributed by atoms with Crippen molar-refractivity contribution in [3.8, 4) is 0 Å². The highest BCUT2D eigenvalue weighted by molar-refractivity contribution is 5.96. The molecule has 1 aliphatic heterocycles. The molecule has 4 N–H and O–H groups in total. The predicted octanol–water partition coefficient (Wildman–Crippen LogP) is 1.26. The Hall–Kier alpha value is -2.04. The van der Waals surface area contributed by atoms with Gasteiger partial charge in [-0.25, -0.2) is 0 Å². The molecule has 10 heteroatoms. The molecule has 34 heavy (non-hydrogen) atoms. The molecule has 0 aromatic heterocycles. The normalized spacial score (nSPS) is 26.3. The molecule has 2 unspecified atom stereocenters. The molecule has 0 aromatic carbocycles. The average Bonchev–Trinajstić information content (AvgIpc) is 3.33. The van der Waals surface area contributed by atoms with Crippen molar-refractivity contribution in [1.82, 2.24) is 16.0 Å². The molecule has 2 aliphatic rings. The monoisotopic (exact) mass is 482 g/mol. The van der Waals surface area contributed by atoms with Gasteiger partial charge in [-0.3, -0.25) is 19.7 Å². The van der Waals surface area contributed by atoms with Crippen LogP contribution in [0.15, 0.2) is 5.16 Å². The van der Waals surface area contributed by atoms with Crippen molar-refractivity contribution in [3.63, 3.8) is 0 Å². The minimum atomic E-state index is -1.16. The second kappa shape index (κ2) is 12.6. The van der Waals surface area contributed by atoms with Gasteiger partial charge < -0.3 is 25.3 Å². The van der Waals surface area contributed by atoms with Crippen LogP contribution in [0.4, 0.5) is 0 Å². The summed E-state index contributed by atoms with van der Waals surface area (Å²) in [6.07, 6.45) is 2.36. The Labute approximate surface area is 202 Å². The third-order valence-corrected chi connectivity index (χ3v) is 6.41. The Morgan fingerprint density at radius 3 is 2.53 bits per heavy atom. The highest BCUT2D eigenvalue weighted by Crippen LogP contribution is 2.39. The Kier molecular flexibility index (Phi) is 10.5. The fourth-order valence-electron chi connectivity index (χ4n) is 4.27. The number of oxime groups is 1. The van der Waals surface area contributed by atoms with Gasteiger partial charge in [0.05, 0.1) is 18.7 Å². The second-order valence-electron chi connectivity index (χ2n) is 10.0. The maximum absolute atomic E-state index is 13.0. The highest BCUT2D eigenvalue weighted by Gasteiger charge is 2.62. The molecule has 0 bridgehead atoms. The van der Waals surface area contributed by atoms with E-state index in [4.69, 9.17) is 9.57 Å². The molecule has 0 spiro atoms. The lowest BCUT2D eigenvalue weighted by atomic mass is 9.90. The van der Waals surface area contributed by atoms with E-state index >= 15 is 0 Å². The molecule has 10 nitrogen and oxygen atoms in total. The van der Waals surface area contributed by atoms with Crippen LogP contribution < -0.4 is 16.0 Å². The molecule has 0 radical (unpaired) electrons. The summed E-state index contributed by atoms with van der Waals surface area (Å²) in [7, 11) is 1.49. The van der Waals surface area contributed by atoms with E-state index in [9.17, 15) is 19.5 Å². The van der Waals surface area contributed by atoms with Crippen LogP contribution in [0, 0.1) is 11.8 Å². The number of hydrogen-bond donors (Lipinski definition) is 4. The minimum absolute atomic E-state index is 0.0264. The number of ether oxygens (including phenoxy) is 1. The first-order valence-corrected chi connectivity index (χ1v) is 12.4. The number of unbranched alkanes of at least 4 members (excludes halogenated alkanes) is 1. The van der Waals surface area contributed by atoms with E-state index in [1.807, 2.05) is 27.7 Å². The lowest BCUT2D eigenvalue weighted by molar-refractivity contribution is -0.131. The van der Waals surface area contributed by atoms with Crippen LogP contribution in [0.5, 0.6) is 0 Å². The van der Waals surface area contributed by atoms with E-state index in [-0.39, 0.29) is 30.3 Å². The van der Waals surface area contributed by atoms with Crippen molar-refractivity contribution < 1.29 is 29.1 Å². The molecular formula is C24H42N4O6. The van der Waals surface area contributed by atoms with Gasteiger partial charge in [0.1, 0.15) is 23.6 Å². The molecule has 0 saturated heterocycles. The van der Waals surface area contributed by atoms with Gasteiger partial charge >= 0.3 is 0 Å². The van der Waals surface area contributed by atoms with Crippen molar-refractivity contribution in [1.29, 1.82) is 0 Å². The summed E-state index contributed by atoms with van der Waals surface area (Å²) in [6, 6.07) is -0.583. The highest BCUT2D eigenvalue weighted by atomic mass is 16.6. The van der Waals surface area contributed by atoms with E-state index in [1.165, 1.54) is 7.11 Å². The second-order valence-corrected chi connectivity index (χ2v) is 10.0. The zero-order chi connectivity index (χ0) is 25.5. The van der Waals surface area contributed by atoms with E-state index in [1.54, 1.807) is 0 Å². The zero-order valence-electron chi connectivity index (χ0n) is 21.3. The third-order valence-electron chi connectivity index (χ3n) is 6.41. The standard InChI is InChI=1S/C24H42N4O6/c1-7-8-9-15(4)21(30)17(10-14(2)3)26-20(29)13-25-23(32)24(12-19(24)33-6)27-22(31)18-11-16(5)34-28-18/h14-17,19,22,27,31H,7-13H2,1-6H3,(H,25,32)(H,26,29)/t15-,16?,17+,19-,22?,24-/m1/s1. The van der Waals surface area contributed by atoms with Crippen molar-refractivity contribution in [2.24, 2.45) is 17.0 Å². The topological polar surface area (TPSA) is 138 Å².